The molecule has 112 valence electrons. The minimum absolute atomic E-state index is 0.175. The molecule has 6 heteroatoms. The van der Waals surface area contributed by atoms with Crippen LogP contribution in [-0.4, -0.2) is 22.6 Å². The minimum atomic E-state index is -0.208. The molecule has 1 aromatic heterocycles. The van der Waals surface area contributed by atoms with Gasteiger partial charge in [-0.2, -0.15) is 4.98 Å². The smallest absolute Gasteiger partial charge is 0.252 e. The number of benzene rings is 1. The van der Waals surface area contributed by atoms with Crippen molar-refractivity contribution >= 4 is 17.5 Å². The van der Waals surface area contributed by atoms with E-state index in [2.05, 4.69) is 15.5 Å². The molecular weight excluding hydrogens is 290 g/mol. The third kappa shape index (κ3) is 4.04. The summed E-state index contributed by atoms with van der Waals surface area (Å²) in [6.07, 6.45) is 0.510. The Hall–Kier alpha value is -1.88. The Bertz CT molecular complexity index is 632. The molecule has 1 N–H and O–H groups in total. The van der Waals surface area contributed by atoms with Crippen molar-refractivity contribution in [2.75, 3.05) is 6.54 Å². The molecule has 0 fully saturated rings. The summed E-state index contributed by atoms with van der Waals surface area (Å²) in [6.45, 7) is 6.43. The fourth-order valence-corrected chi connectivity index (χ4v) is 1.91. The van der Waals surface area contributed by atoms with Crippen LogP contribution in [0.25, 0.3) is 0 Å². The van der Waals surface area contributed by atoms with E-state index in [0.717, 1.165) is 0 Å². The summed E-state index contributed by atoms with van der Waals surface area (Å²) in [5.74, 6) is 0.967. The minimum Gasteiger partial charge on any atom is -0.352 e. The normalized spacial score (nSPS) is 11.4. The quantitative estimate of drug-likeness (QED) is 0.943. The third-order valence-electron chi connectivity index (χ3n) is 2.86. The number of hydrogen-bond acceptors (Lipinski definition) is 4. The zero-order valence-electron chi connectivity index (χ0n) is 12.3. The fourth-order valence-electron chi connectivity index (χ4n) is 1.69. The van der Waals surface area contributed by atoms with Gasteiger partial charge in [-0.3, -0.25) is 4.79 Å². The molecule has 0 atom stereocenters. The van der Waals surface area contributed by atoms with E-state index in [1.54, 1.807) is 24.3 Å². The van der Waals surface area contributed by atoms with Gasteiger partial charge in [-0.15, -0.1) is 0 Å². The molecule has 0 radical (unpaired) electrons. The number of halogens is 1. The number of aromatic nitrogens is 2. The summed E-state index contributed by atoms with van der Waals surface area (Å²) in [4.78, 5) is 16.3. The van der Waals surface area contributed by atoms with Crippen molar-refractivity contribution < 1.29 is 9.32 Å². The molecule has 5 nitrogen and oxygen atoms in total. The molecule has 1 aromatic carbocycles. The Labute approximate surface area is 128 Å². The molecule has 0 spiro atoms. The van der Waals surface area contributed by atoms with Crippen molar-refractivity contribution in [2.45, 2.75) is 32.6 Å². The number of amides is 1. The van der Waals surface area contributed by atoms with Crippen LogP contribution in [0.3, 0.4) is 0 Å². The van der Waals surface area contributed by atoms with Crippen molar-refractivity contribution in [2.24, 2.45) is 0 Å². The molecule has 2 aromatic rings. The summed E-state index contributed by atoms with van der Waals surface area (Å²) in [7, 11) is 0. The average molecular weight is 308 g/mol. The van der Waals surface area contributed by atoms with Gasteiger partial charge in [0, 0.05) is 18.4 Å². The number of hydrogen-bond donors (Lipinski definition) is 1. The zero-order valence-corrected chi connectivity index (χ0v) is 13.1. The lowest BCUT2D eigenvalue weighted by Gasteiger charge is -2.10. The maximum absolute atomic E-state index is 12.0. The summed E-state index contributed by atoms with van der Waals surface area (Å²) in [5, 5.41) is 7.13. The fraction of sp³-hybridized carbons (Fsp3) is 0.400. The maximum Gasteiger partial charge on any atom is 0.252 e. The standard InChI is InChI=1S/C15H18ClN3O2/c1-15(2,3)14-18-12(19-21-14)8-9-17-13(20)10-6-4-5-7-11(10)16/h4-7H,8-9H2,1-3H3,(H,17,20). The Morgan fingerprint density at radius 2 is 2.05 bits per heavy atom. The highest BCUT2D eigenvalue weighted by atomic mass is 35.5. The topological polar surface area (TPSA) is 68.0 Å². The lowest BCUT2D eigenvalue weighted by Crippen LogP contribution is -2.26. The van der Waals surface area contributed by atoms with E-state index in [1.165, 1.54) is 0 Å². The van der Waals surface area contributed by atoms with Crippen LogP contribution in [-0.2, 0) is 11.8 Å². The second-order valence-corrected chi connectivity index (χ2v) is 6.16. The average Bonchev–Trinajstić information content (AvgIpc) is 2.88. The van der Waals surface area contributed by atoms with Crippen molar-refractivity contribution in [3.05, 3.63) is 46.6 Å². The Morgan fingerprint density at radius 3 is 2.67 bits per heavy atom. The van der Waals surface area contributed by atoms with E-state index in [0.29, 0.717) is 35.3 Å². The second-order valence-electron chi connectivity index (χ2n) is 5.75. The molecular formula is C15H18ClN3O2. The van der Waals surface area contributed by atoms with Gasteiger partial charge in [0.2, 0.25) is 5.89 Å². The number of rotatable bonds is 4. The van der Waals surface area contributed by atoms with Crippen LogP contribution in [0.1, 0.15) is 42.8 Å². The van der Waals surface area contributed by atoms with E-state index in [9.17, 15) is 4.79 Å². The first-order valence-corrected chi connectivity index (χ1v) is 7.11. The van der Waals surface area contributed by atoms with Crippen molar-refractivity contribution in [1.82, 2.24) is 15.5 Å². The molecule has 2 rings (SSSR count). The molecule has 0 unspecified atom stereocenters. The van der Waals surface area contributed by atoms with Crippen LogP contribution in [0.4, 0.5) is 0 Å². The molecule has 0 aliphatic carbocycles. The lowest BCUT2D eigenvalue weighted by atomic mass is 9.97. The number of nitrogens with one attached hydrogen (secondary N) is 1. The van der Waals surface area contributed by atoms with Crippen LogP contribution in [0, 0.1) is 0 Å². The van der Waals surface area contributed by atoms with Gasteiger partial charge in [-0.05, 0) is 12.1 Å². The zero-order chi connectivity index (χ0) is 15.5. The third-order valence-corrected chi connectivity index (χ3v) is 3.19. The first kappa shape index (κ1) is 15.5. The number of nitrogens with zero attached hydrogens (tertiary/aromatic N) is 2. The monoisotopic (exact) mass is 307 g/mol. The maximum atomic E-state index is 12.0. The summed E-state index contributed by atoms with van der Waals surface area (Å²) in [5.41, 5.74) is 0.286. The van der Waals surface area contributed by atoms with E-state index < -0.39 is 0 Å². The molecule has 0 aliphatic heterocycles. The van der Waals surface area contributed by atoms with Crippen LogP contribution < -0.4 is 5.32 Å². The predicted octanol–water partition coefficient (Wildman–Crippen LogP) is 2.99. The van der Waals surface area contributed by atoms with Crippen LogP contribution in [0.2, 0.25) is 5.02 Å². The first-order valence-electron chi connectivity index (χ1n) is 6.74. The van der Waals surface area contributed by atoms with Gasteiger partial charge in [0.25, 0.3) is 5.91 Å². The molecule has 1 heterocycles. The van der Waals surface area contributed by atoms with Gasteiger partial charge >= 0.3 is 0 Å². The largest absolute Gasteiger partial charge is 0.352 e. The molecule has 21 heavy (non-hydrogen) atoms. The van der Waals surface area contributed by atoms with Gasteiger partial charge in [-0.1, -0.05) is 49.7 Å². The van der Waals surface area contributed by atoms with Gasteiger partial charge in [0.1, 0.15) is 0 Å². The van der Waals surface area contributed by atoms with E-state index in [-0.39, 0.29) is 11.3 Å². The van der Waals surface area contributed by atoms with Crippen molar-refractivity contribution in [3.8, 4) is 0 Å². The van der Waals surface area contributed by atoms with E-state index in [4.69, 9.17) is 16.1 Å². The number of carbonyl (C=O) groups excluding carboxylic acids is 1. The lowest BCUT2D eigenvalue weighted by molar-refractivity contribution is 0.0954. The van der Waals surface area contributed by atoms with Crippen molar-refractivity contribution in [1.29, 1.82) is 0 Å². The van der Waals surface area contributed by atoms with Gasteiger partial charge < -0.3 is 9.84 Å². The Balaban J connectivity index is 1.89. The van der Waals surface area contributed by atoms with Gasteiger partial charge in [0.05, 0.1) is 10.6 Å². The van der Waals surface area contributed by atoms with Crippen LogP contribution >= 0.6 is 11.6 Å². The SMILES string of the molecule is CC(C)(C)c1nc(CCNC(=O)c2ccccc2Cl)no1. The van der Waals surface area contributed by atoms with Crippen molar-refractivity contribution in [3.63, 3.8) is 0 Å². The highest BCUT2D eigenvalue weighted by Crippen LogP contribution is 2.19. The second kappa shape index (κ2) is 6.26. The molecule has 0 bridgehead atoms. The van der Waals surface area contributed by atoms with Crippen LogP contribution in [0.5, 0.6) is 0 Å². The van der Waals surface area contributed by atoms with Gasteiger partial charge in [0.15, 0.2) is 5.82 Å². The molecule has 0 aliphatic rings. The summed E-state index contributed by atoms with van der Waals surface area (Å²) >= 11 is 5.97. The number of carbonyl (C=O) groups is 1. The highest BCUT2D eigenvalue weighted by molar-refractivity contribution is 6.33. The summed E-state index contributed by atoms with van der Waals surface area (Å²) in [6, 6.07) is 6.93. The van der Waals surface area contributed by atoms with E-state index in [1.807, 2.05) is 20.8 Å². The Kier molecular flexibility index (Phi) is 4.63. The first-order chi connectivity index (χ1) is 9.88. The van der Waals surface area contributed by atoms with E-state index >= 15 is 0 Å². The van der Waals surface area contributed by atoms with Gasteiger partial charge in [-0.25, -0.2) is 0 Å². The molecule has 1 amide bonds. The molecule has 0 saturated heterocycles. The molecule has 0 saturated carbocycles. The van der Waals surface area contributed by atoms with Crippen LogP contribution in [0.15, 0.2) is 28.8 Å². The summed E-state index contributed by atoms with van der Waals surface area (Å²) < 4.78 is 5.20. The highest BCUT2D eigenvalue weighted by Gasteiger charge is 2.21. The Morgan fingerprint density at radius 1 is 1.33 bits per heavy atom. The predicted molar refractivity (Wildman–Crippen MR) is 80.5 cm³/mol.